The zero-order valence-electron chi connectivity index (χ0n) is 12.0. The van der Waals surface area contributed by atoms with Gasteiger partial charge in [-0.1, -0.05) is 41.4 Å². The maximum atomic E-state index is 12.2. The van der Waals surface area contributed by atoms with Crippen molar-refractivity contribution in [3.05, 3.63) is 46.4 Å². The average Bonchev–Trinajstić information content (AvgIpc) is 2.50. The minimum atomic E-state index is -0.0205. The Morgan fingerprint density at radius 2 is 1.95 bits per heavy atom. The van der Waals surface area contributed by atoms with Crippen LogP contribution in [0.2, 0.25) is 0 Å². The Bertz CT molecular complexity index is 629. The molecular formula is C17H19BrClNO. The average molecular weight is 369 g/mol. The Labute approximate surface area is 139 Å². The fraction of sp³-hybridized carbons (Fsp3) is 0.353. The first-order valence-corrected chi connectivity index (χ1v) is 8.50. The molecule has 0 saturated carbocycles. The molecule has 2 nitrogen and oxygen atoms in total. The monoisotopic (exact) mass is 367 g/mol. The third-order valence-corrected chi connectivity index (χ3v) is 4.42. The van der Waals surface area contributed by atoms with E-state index in [1.807, 2.05) is 36.4 Å². The van der Waals surface area contributed by atoms with Crippen LogP contribution in [-0.2, 0) is 0 Å². The minimum absolute atomic E-state index is 0.0205. The predicted molar refractivity (Wildman–Crippen MR) is 93.1 cm³/mol. The van der Waals surface area contributed by atoms with Gasteiger partial charge in [0.2, 0.25) is 0 Å². The Kier molecular flexibility index (Phi) is 6.07. The number of benzene rings is 2. The highest BCUT2D eigenvalue weighted by atomic mass is 79.9. The highest BCUT2D eigenvalue weighted by molar-refractivity contribution is 9.10. The summed E-state index contributed by atoms with van der Waals surface area (Å²) < 4.78 is 1.04. The molecule has 2 aromatic rings. The molecule has 1 atom stereocenters. The van der Waals surface area contributed by atoms with E-state index in [4.69, 9.17) is 11.6 Å². The molecule has 1 amide bonds. The lowest BCUT2D eigenvalue weighted by Gasteiger charge is -2.14. The number of amides is 1. The predicted octanol–water partition coefficient (Wildman–Crippen LogP) is 4.99. The van der Waals surface area contributed by atoms with Crippen LogP contribution in [-0.4, -0.2) is 18.3 Å². The van der Waals surface area contributed by atoms with Crippen molar-refractivity contribution in [2.45, 2.75) is 19.8 Å². The summed E-state index contributed by atoms with van der Waals surface area (Å²) in [5.41, 5.74) is 0.700. The van der Waals surface area contributed by atoms with Crippen LogP contribution >= 0.6 is 27.5 Å². The lowest BCUT2D eigenvalue weighted by atomic mass is 10.0. The van der Waals surface area contributed by atoms with Gasteiger partial charge in [-0.3, -0.25) is 4.79 Å². The standard InChI is InChI=1S/C17H19BrClNO/c1-2-12(7-8-19)11-20-17(21)15-4-3-14-10-16(18)6-5-13(14)9-15/h3-6,9-10,12H,2,7-8,11H2,1H3,(H,20,21). The molecule has 0 fully saturated rings. The van der Waals surface area contributed by atoms with Gasteiger partial charge in [0.05, 0.1) is 0 Å². The summed E-state index contributed by atoms with van der Waals surface area (Å²) in [6, 6.07) is 11.8. The van der Waals surface area contributed by atoms with E-state index in [0.29, 0.717) is 23.9 Å². The van der Waals surface area contributed by atoms with Crippen LogP contribution in [0.25, 0.3) is 10.8 Å². The van der Waals surface area contributed by atoms with Crippen molar-refractivity contribution in [3.63, 3.8) is 0 Å². The van der Waals surface area contributed by atoms with E-state index in [-0.39, 0.29) is 5.91 Å². The molecule has 0 spiro atoms. The topological polar surface area (TPSA) is 29.1 Å². The molecule has 0 heterocycles. The largest absolute Gasteiger partial charge is 0.352 e. The maximum Gasteiger partial charge on any atom is 0.251 e. The van der Waals surface area contributed by atoms with Crippen molar-refractivity contribution in [2.24, 2.45) is 5.92 Å². The number of nitrogens with one attached hydrogen (secondary N) is 1. The number of rotatable bonds is 6. The van der Waals surface area contributed by atoms with Crippen LogP contribution in [0.5, 0.6) is 0 Å². The third kappa shape index (κ3) is 4.45. The van der Waals surface area contributed by atoms with Gasteiger partial charge < -0.3 is 5.32 Å². The van der Waals surface area contributed by atoms with Gasteiger partial charge in [0.25, 0.3) is 5.91 Å². The number of alkyl halides is 1. The molecule has 0 aromatic heterocycles. The van der Waals surface area contributed by atoms with Crippen molar-refractivity contribution in [3.8, 4) is 0 Å². The molecule has 2 rings (SSSR count). The lowest BCUT2D eigenvalue weighted by Crippen LogP contribution is -2.29. The van der Waals surface area contributed by atoms with E-state index in [0.717, 1.165) is 28.1 Å². The Balaban J connectivity index is 2.07. The van der Waals surface area contributed by atoms with Gasteiger partial charge >= 0.3 is 0 Å². The summed E-state index contributed by atoms with van der Waals surface area (Å²) in [4.78, 5) is 12.2. The van der Waals surface area contributed by atoms with Gasteiger partial charge in [0.15, 0.2) is 0 Å². The lowest BCUT2D eigenvalue weighted by molar-refractivity contribution is 0.0946. The van der Waals surface area contributed by atoms with Gasteiger partial charge in [0, 0.05) is 22.5 Å². The summed E-state index contributed by atoms with van der Waals surface area (Å²) in [7, 11) is 0. The molecule has 0 aliphatic carbocycles. The first-order chi connectivity index (χ1) is 10.1. The van der Waals surface area contributed by atoms with Gasteiger partial charge in [-0.15, -0.1) is 11.6 Å². The zero-order valence-corrected chi connectivity index (χ0v) is 14.4. The molecule has 2 aromatic carbocycles. The van der Waals surface area contributed by atoms with Gasteiger partial charge in [-0.25, -0.2) is 0 Å². The molecule has 1 N–H and O–H groups in total. The quantitative estimate of drug-likeness (QED) is 0.715. The maximum absolute atomic E-state index is 12.2. The zero-order chi connectivity index (χ0) is 15.2. The van der Waals surface area contributed by atoms with Gasteiger partial charge in [-0.05, 0) is 47.4 Å². The second kappa shape index (κ2) is 7.81. The molecule has 21 heavy (non-hydrogen) atoms. The molecule has 112 valence electrons. The van der Waals surface area contributed by atoms with Crippen LogP contribution in [0.4, 0.5) is 0 Å². The number of hydrogen-bond acceptors (Lipinski definition) is 1. The molecule has 0 bridgehead atoms. The number of carbonyl (C=O) groups is 1. The first-order valence-electron chi connectivity index (χ1n) is 7.17. The summed E-state index contributed by atoms with van der Waals surface area (Å²) in [6.07, 6.45) is 1.96. The molecule has 0 radical (unpaired) electrons. The van der Waals surface area contributed by atoms with Crippen LogP contribution in [0.15, 0.2) is 40.9 Å². The van der Waals surface area contributed by atoms with Gasteiger partial charge in [0.1, 0.15) is 0 Å². The summed E-state index contributed by atoms with van der Waals surface area (Å²) in [5, 5.41) is 5.19. The van der Waals surface area contributed by atoms with Crippen LogP contribution in [0.3, 0.4) is 0 Å². The fourth-order valence-corrected chi connectivity index (χ4v) is 2.99. The number of fused-ring (bicyclic) bond motifs is 1. The summed E-state index contributed by atoms with van der Waals surface area (Å²) >= 11 is 9.22. The molecule has 1 unspecified atom stereocenters. The Morgan fingerprint density at radius 3 is 2.67 bits per heavy atom. The van der Waals surface area contributed by atoms with E-state index in [1.54, 1.807) is 0 Å². The van der Waals surface area contributed by atoms with E-state index >= 15 is 0 Å². The van der Waals surface area contributed by atoms with Crippen molar-refractivity contribution in [2.75, 3.05) is 12.4 Å². The summed E-state index contributed by atoms with van der Waals surface area (Å²) in [5.74, 6) is 1.06. The minimum Gasteiger partial charge on any atom is -0.352 e. The second-order valence-corrected chi connectivity index (χ2v) is 6.46. The normalized spacial score (nSPS) is 12.3. The van der Waals surface area contributed by atoms with Crippen molar-refractivity contribution in [1.29, 1.82) is 0 Å². The molecule has 0 aliphatic heterocycles. The molecular weight excluding hydrogens is 350 g/mol. The van der Waals surface area contributed by atoms with E-state index in [1.165, 1.54) is 0 Å². The number of halogens is 2. The third-order valence-electron chi connectivity index (χ3n) is 3.71. The van der Waals surface area contributed by atoms with Crippen LogP contribution in [0, 0.1) is 5.92 Å². The van der Waals surface area contributed by atoms with Crippen molar-refractivity contribution < 1.29 is 4.79 Å². The van der Waals surface area contributed by atoms with Crippen molar-refractivity contribution in [1.82, 2.24) is 5.32 Å². The van der Waals surface area contributed by atoms with E-state index < -0.39 is 0 Å². The van der Waals surface area contributed by atoms with Crippen LogP contribution < -0.4 is 5.32 Å². The van der Waals surface area contributed by atoms with Crippen molar-refractivity contribution >= 4 is 44.2 Å². The smallest absolute Gasteiger partial charge is 0.251 e. The van der Waals surface area contributed by atoms with E-state index in [2.05, 4.69) is 28.2 Å². The van der Waals surface area contributed by atoms with Crippen LogP contribution in [0.1, 0.15) is 30.1 Å². The molecule has 0 saturated heterocycles. The Morgan fingerprint density at radius 1 is 1.24 bits per heavy atom. The highest BCUT2D eigenvalue weighted by Crippen LogP contribution is 2.21. The number of carbonyl (C=O) groups excluding carboxylic acids is 1. The SMILES string of the molecule is CCC(CCCl)CNC(=O)c1ccc2cc(Br)ccc2c1. The first kappa shape index (κ1) is 16.3. The molecule has 0 aliphatic rings. The second-order valence-electron chi connectivity index (χ2n) is 5.17. The van der Waals surface area contributed by atoms with E-state index in [9.17, 15) is 4.79 Å². The molecule has 4 heteroatoms. The van der Waals surface area contributed by atoms with Gasteiger partial charge in [-0.2, -0.15) is 0 Å². The summed E-state index contributed by atoms with van der Waals surface area (Å²) in [6.45, 7) is 2.80. The Hall–Kier alpha value is -1.06. The fourth-order valence-electron chi connectivity index (χ4n) is 2.30. The number of hydrogen-bond donors (Lipinski definition) is 1. The highest BCUT2D eigenvalue weighted by Gasteiger charge is 2.10.